The number of hydrogen-bond acceptors (Lipinski definition) is 3. The average Bonchev–Trinajstić information content (AvgIpc) is 2.22. The Bertz CT molecular complexity index is 272. The van der Waals surface area contributed by atoms with Crippen molar-refractivity contribution in [3.63, 3.8) is 0 Å². The van der Waals surface area contributed by atoms with Gasteiger partial charge in [-0.2, -0.15) is 0 Å². The Morgan fingerprint density at radius 3 is 2.38 bits per heavy atom. The number of hydrogen-bond donors (Lipinski definition) is 1. The third-order valence-electron chi connectivity index (χ3n) is 3.47. The first kappa shape index (κ1) is 12.3. The predicted molar refractivity (Wildman–Crippen MR) is 73.2 cm³/mol. The molecule has 0 amide bonds. The summed E-state index contributed by atoms with van der Waals surface area (Å²) < 4.78 is 0. The molecule has 1 fully saturated rings. The van der Waals surface area contributed by atoms with E-state index in [4.69, 9.17) is 4.99 Å². The van der Waals surface area contributed by atoms with Crippen molar-refractivity contribution < 1.29 is 0 Å². The fourth-order valence-electron chi connectivity index (χ4n) is 2.55. The second kappa shape index (κ2) is 4.59. The molecule has 2 rings (SSSR count). The highest BCUT2D eigenvalue weighted by molar-refractivity contribution is 8.13. The topological polar surface area (TPSA) is 24.4 Å². The Hall–Kier alpha value is -0.180. The van der Waals surface area contributed by atoms with Crippen LogP contribution in [0, 0.1) is 5.41 Å². The van der Waals surface area contributed by atoms with Gasteiger partial charge < -0.3 is 5.32 Å². The number of thioether (sulfide) groups is 1. The van der Waals surface area contributed by atoms with Gasteiger partial charge in [-0.05, 0) is 39.0 Å². The molecule has 0 saturated heterocycles. The first-order chi connectivity index (χ1) is 7.49. The van der Waals surface area contributed by atoms with Gasteiger partial charge in [0.05, 0.1) is 0 Å². The van der Waals surface area contributed by atoms with Crippen molar-refractivity contribution in [3.8, 4) is 0 Å². The van der Waals surface area contributed by atoms with Gasteiger partial charge in [-0.3, -0.25) is 4.99 Å². The molecule has 1 aliphatic heterocycles. The van der Waals surface area contributed by atoms with Crippen molar-refractivity contribution in [3.05, 3.63) is 0 Å². The fraction of sp³-hybridized carbons (Fsp3) is 0.923. The van der Waals surface area contributed by atoms with Crippen LogP contribution in [0.4, 0.5) is 0 Å². The van der Waals surface area contributed by atoms with Gasteiger partial charge >= 0.3 is 0 Å². The van der Waals surface area contributed by atoms with E-state index in [2.05, 4.69) is 26.1 Å². The van der Waals surface area contributed by atoms with Crippen LogP contribution in [0.3, 0.4) is 0 Å². The van der Waals surface area contributed by atoms with Gasteiger partial charge in [0, 0.05) is 17.8 Å². The minimum absolute atomic E-state index is 0.142. The molecule has 0 aromatic heterocycles. The lowest BCUT2D eigenvalue weighted by molar-refractivity contribution is 0.232. The molecule has 0 unspecified atom stereocenters. The van der Waals surface area contributed by atoms with Crippen LogP contribution in [0.5, 0.6) is 0 Å². The van der Waals surface area contributed by atoms with Crippen molar-refractivity contribution in [2.75, 3.05) is 12.3 Å². The van der Waals surface area contributed by atoms with E-state index in [-0.39, 0.29) is 5.54 Å². The summed E-state index contributed by atoms with van der Waals surface area (Å²) in [4.78, 5) is 4.76. The zero-order chi connectivity index (χ0) is 11.6. The van der Waals surface area contributed by atoms with Gasteiger partial charge in [0.25, 0.3) is 0 Å². The molecule has 92 valence electrons. The van der Waals surface area contributed by atoms with E-state index in [0.717, 1.165) is 11.7 Å². The summed E-state index contributed by atoms with van der Waals surface area (Å²) in [7, 11) is 0. The zero-order valence-corrected chi connectivity index (χ0v) is 11.6. The average molecular weight is 240 g/mol. The Morgan fingerprint density at radius 2 is 1.88 bits per heavy atom. The number of nitrogens with one attached hydrogen (secondary N) is 1. The Morgan fingerprint density at radius 1 is 1.19 bits per heavy atom. The number of amidine groups is 1. The summed E-state index contributed by atoms with van der Waals surface area (Å²) in [5.41, 5.74) is 0.689. The zero-order valence-electron chi connectivity index (χ0n) is 10.8. The molecule has 3 heteroatoms. The highest BCUT2D eigenvalue weighted by Gasteiger charge is 2.35. The minimum atomic E-state index is 0.142. The molecule has 0 atom stereocenters. The standard InChI is InChI=1S/C13H24N2S/c1-12(2,3)15-11-14-9-13(10-16-11)7-5-4-6-8-13/h4-10H2,1-3H3,(H,14,15). The van der Waals surface area contributed by atoms with E-state index in [1.54, 1.807) is 0 Å². The van der Waals surface area contributed by atoms with E-state index in [1.807, 2.05) is 11.8 Å². The molecule has 1 N–H and O–H groups in total. The second-order valence-corrected chi connectivity index (χ2v) is 7.31. The monoisotopic (exact) mass is 240 g/mol. The van der Waals surface area contributed by atoms with Crippen molar-refractivity contribution in [2.45, 2.75) is 58.4 Å². The second-order valence-electron chi connectivity index (χ2n) is 6.35. The maximum absolute atomic E-state index is 4.76. The van der Waals surface area contributed by atoms with Gasteiger partial charge in [-0.1, -0.05) is 31.0 Å². The number of nitrogens with zero attached hydrogens (tertiary/aromatic N) is 1. The van der Waals surface area contributed by atoms with E-state index < -0.39 is 0 Å². The molecular formula is C13H24N2S. The van der Waals surface area contributed by atoms with Gasteiger partial charge in [-0.25, -0.2) is 0 Å². The van der Waals surface area contributed by atoms with Crippen LogP contribution in [-0.4, -0.2) is 23.0 Å². The lowest BCUT2D eigenvalue weighted by Crippen LogP contribution is -2.43. The van der Waals surface area contributed by atoms with E-state index in [0.29, 0.717) is 5.41 Å². The molecule has 16 heavy (non-hydrogen) atoms. The molecule has 2 nitrogen and oxygen atoms in total. The number of rotatable bonds is 0. The predicted octanol–water partition coefficient (Wildman–Crippen LogP) is 3.43. The van der Waals surface area contributed by atoms with Gasteiger partial charge in [0.1, 0.15) is 0 Å². The maximum Gasteiger partial charge on any atom is 0.156 e. The molecular weight excluding hydrogens is 216 g/mol. The summed E-state index contributed by atoms with van der Waals surface area (Å²) in [5.74, 6) is 1.27. The molecule has 0 aromatic rings. The van der Waals surface area contributed by atoms with Crippen LogP contribution in [0.1, 0.15) is 52.9 Å². The molecule has 0 aromatic carbocycles. The van der Waals surface area contributed by atoms with Crippen molar-refractivity contribution in [2.24, 2.45) is 10.4 Å². The molecule has 1 spiro atoms. The highest BCUT2D eigenvalue weighted by Crippen LogP contribution is 2.41. The Labute approximate surface area is 104 Å². The van der Waals surface area contributed by atoms with E-state index in [9.17, 15) is 0 Å². The normalized spacial score (nSPS) is 25.3. The largest absolute Gasteiger partial charge is 0.360 e. The first-order valence-corrected chi connectivity index (χ1v) is 7.43. The van der Waals surface area contributed by atoms with Crippen LogP contribution < -0.4 is 5.32 Å². The van der Waals surface area contributed by atoms with Gasteiger partial charge in [0.15, 0.2) is 5.17 Å². The Kier molecular flexibility index (Phi) is 3.53. The fourth-order valence-corrected chi connectivity index (χ4v) is 3.91. The summed E-state index contributed by atoms with van der Waals surface area (Å²) in [5, 5.41) is 4.65. The quantitative estimate of drug-likeness (QED) is 0.701. The van der Waals surface area contributed by atoms with Crippen molar-refractivity contribution in [1.29, 1.82) is 0 Å². The number of aliphatic imine (C=N–C) groups is 1. The van der Waals surface area contributed by atoms with Crippen LogP contribution in [-0.2, 0) is 0 Å². The molecule has 2 aliphatic rings. The third-order valence-corrected chi connectivity index (χ3v) is 4.73. The van der Waals surface area contributed by atoms with Crippen molar-refractivity contribution >= 4 is 16.9 Å². The van der Waals surface area contributed by atoms with Gasteiger partial charge in [-0.15, -0.1) is 0 Å². The highest BCUT2D eigenvalue weighted by atomic mass is 32.2. The maximum atomic E-state index is 4.76. The van der Waals surface area contributed by atoms with E-state index >= 15 is 0 Å². The lowest BCUT2D eigenvalue weighted by atomic mass is 9.75. The molecule has 1 aliphatic carbocycles. The summed E-state index contributed by atoms with van der Waals surface area (Å²) >= 11 is 1.93. The SMILES string of the molecule is CC(C)(C)NC1=NCC2(CCCCC2)CS1. The Balaban J connectivity index is 1.93. The van der Waals surface area contributed by atoms with Crippen LogP contribution in [0.2, 0.25) is 0 Å². The van der Waals surface area contributed by atoms with Crippen LogP contribution >= 0.6 is 11.8 Å². The van der Waals surface area contributed by atoms with Crippen LogP contribution in [0.25, 0.3) is 0 Å². The lowest BCUT2D eigenvalue weighted by Gasteiger charge is -2.39. The first-order valence-electron chi connectivity index (χ1n) is 6.45. The molecule has 1 saturated carbocycles. The summed E-state index contributed by atoms with van der Waals surface area (Å²) in [6.07, 6.45) is 7.05. The smallest absolute Gasteiger partial charge is 0.156 e. The van der Waals surface area contributed by atoms with Gasteiger partial charge in [0.2, 0.25) is 0 Å². The molecule has 0 radical (unpaired) electrons. The molecule has 0 bridgehead atoms. The van der Waals surface area contributed by atoms with Crippen LogP contribution in [0.15, 0.2) is 4.99 Å². The molecule has 1 heterocycles. The van der Waals surface area contributed by atoms with E-state index in [1.165, 1.54) is 37.9 Å². The summed E-state index contributed by atoms with van der Waals surface area (Å²) in [6, 6.07) is 0. The van der Waals surface area contributed by atoms with Crippen molar-refractivity contribution in [1.82, 2.24) is 5.32 Å². The minimum Gasteiger partial charge on any atom is -0.360 e. The summed E-state index contributed by atoms with van der Waals surface area (Å²) in [6.45, 7) is 7.64. The third kappa shape index (κ3) is 3.16.